The van der Waals surface area contributed by atoms with Crippen molar-refractivity contribution in [2.45, 2.75) is 244 Å². The number of allylic oxidation sites excluding steroid dienone is 6. The Balaban J connectivity index is 4.27. The number of phosphoric acid groups is 1. The van der Waals surface area contributed by atoms with Crippen LogP contribution in [0.1, 0.15) is 232 Å². The molecule has 0 saturated heterocycles. The van der Waals surface area contributed by atoms with E-state index in [1.807, 2.05) is 0 Å². The second-order valence-corrected chi connectivity index (χ2v) is 18.4. The van der Waals surface area contributed by atoms with Gasteiger partial charge in [-0.05, 0) is 70.6 Å². The number of carboxylic acid groups (broad SMARTS) is 1. The van der Waals surface area contributed by atoms with Crippen LogP contribution in [-0.2, 0) is 37.5 Å². The molecular formula is C50H92NO10P. The highest BCUT2D eigenvalue weighted by Gasteiger charge is 2.28. The highest BCUT2D eigenvalue weighted by molar-refractivity contribution is 7.47. The van der Waals surface area contributed by atoms with Crippen LogP contribution in [0.25, 0.3) is 0 Å². The molecule has 0 amide bonds. The molecule has 0 aliphatic carbocycles. The van der Waals surface area contributed by atoms with E-state index in [1.54, 1.807) is 0 Å². The van der Waals surface area contributed by atoms with E-state index in [0.717, 1.165) is 57.8 Å². The van der Waals surface area contributed by atoms with E-state index in [9.17, 15) is 23.8 Å². The van der Waals surface area contributed by atoms with E-state index in [1.165, 1.54) is 135 Å². The lowest BCUT2D eigenvalue weighted by molar-refractivity contribution is -0.161. The van der Waals surface area contributed by atoms with Gasteiger partial charge < -0.3 is 25.2 Å². The Morgan fingerprint density at radius 1 is 0.500 bits per heavy atom. The summed E-state index contributed by atoms with van der Waals surface area (Å²) in [5, 5.41) is 8.92. The van der Waals surface area contributed by atoms with Gasteiger partial charge in [-0.1, -0.05) is 185 Å². The van der Waals surface area contributed by atoms with Crippen molar-refractivity contribution in [3.63, 3.8) is 0 Å². The molecular weight excluding hydrogens is 806 g/mol. The summed E-state index contributed by atoms with van der Waals surface area (Å²) in [7, 11) is -4.72. The van der Waals surface area contributed by atoms with Gasteiger partial charge in [0.1, 0.15) is 12.6 Å². The van der Waals surface area contributed by atoms with Crippen LogP contribution >= 0.6 is 7.82 Å². The van der Waals surface area contributed by atoms with Gasteiger partial charge in [-0.25, -0.2) is 4.57 Å². The number of phosphoric ester groups is 1. The molecule has 0 fully saturated rings. The number of rotatable bonds is 47. The third kappa shape index (κ3) is 44.3. The number of hydrogen-bond donors (Lipinski definition) is 3. The van der Waals surface area contributed by atoms with Gasteiger partial charge in [-0.2, -0.15) is 0 Å². The summed E-state index contributed by atoms with van der Waals surface area (Å²) in [6.07, 6.45) is 50.6. The van der Waals surface area contributed by atoms with Crippen molar-refractivity contribution in [2.24, 2.45) is 5.73 Å². The first-order valence-electron chi connectivity index (χ1n) is 25.0. The Labute approximate surface area is 378 Å². The van der Waals surface area contributed by atoms with Crippen molar-refractivity contribution < 1.29 is 47.5 Å². The van der Waals surface area contributed by atoms with Crippen LogP contribution in [-0.4, -0.2) is 59.9 Å². The maximum atomic E-state index is 12.7. The summed E-state index contributed by atoms with van der Waals surface area (Å²) in [5.74, 6) is -2.38. The van der Waals surface area contributed by atoms with Crippen molar-refractivity contribution >= 4 is 25.7 Å². The largest absolute Gasteiger partial charge is 0.480 e. The molecule has 0 aromatic heterocycles. The minimum absolute atomic E-state index is 0.156. The molecule has 0 saturated carbocycles. The van der Waals surface area contributed by atoms with Crippen LogP contribution < -0.4 is 5.73 Å². The van der Waals surface area contributed by atoms with Gasteiger partial charge in [0.2, 0.25) is 0 Å². The van der Waals surface area contributed by atoms with Crippen molar-refractivity contribution in [1.82, 2.24) is 0 Å². The molecule has 0 spiro atoms. The Kier molecular flexibility index (Phi) is 43.6. The second-order valence-electron chi connectivity index (χ2n) is 16.9. The first-order chi connectivity index (χ1) is 30.1. The number of carbonyl (C=O) groups is 3. The second kappa shape index (κ2) is 45.3. The van der Waals surface area contributed by atoms with Crippen LogP contribution in [0.15, 0.2) is 36.5 Å². The predicted molar refractivity (Wildman–Crippen MR) is 254 cm³/mol. The van der Waals surface area contributed by atoms with Crippen LogP contribution in [0.2, 0.25) is 0 Å². The van der Waals surface area contributed by atoms with Crippen molar-refractivity contribution in [3.05, 3.63) is 36.5 Å². The lowest BCUT2D eigenvalue weighted by Crippen LogP contribution is -2.34. The van der Waals surface area contributed by atoms with Crippen LogP contribution in [0.5, 0.6) is 0 Å². The number of carbonyl (C=O) groups excluding carboxylic acids is 2. The Hall–Kier alpha value is -2.30. The van der Waals surface area contributed by atoms with E-state index >= 15 is 0 Å². The van der Waals surface area contributed by atoms with E-state index in [4.69, 9.17) is 24.8 Å². The van der Waals surface area contributed by atoms with Gasteiger partial charge in [-0.15, -0.1) is 0 Å². The first kappa shape index (κ1) is 59.7. The highest BCUT2D eigenvalue weighted by Crippen LogP contribution is 2.43. The number of nitrogens with two attached hydrogens (primary N) is 1. The smallest absolute Gasteiger partial charge is 0.472 e. The molecule has 1 unspecified atom stereocenters. The lowest BCUT2D eigenvalue weighted by Gasteiger charge is -2.20. The molecule has 0 aliphatic heterocycles. The Morgan fingerprint density at radius 3 is 1.31 bits per heavy atom. The quantitative estimate of drug-likeness (QED) is 0.0230. The van der Waals surface area contributed by atoms with Gasteiger partial charge in [0.25, 0.3) is 0 Å². The van der Waals surface area contributed by atoms with Crippen molar-refractivity contribution in [3.8, 4) is 0 Å². The monoisotopic (exact) mass is 898 g/mol. The molecule has 0 rings (SSSR count). The predicted octanol–water partition coefficient (Wildman–Crippen LogP) is 14.0. The van der Waals surface area contributed by atoms with E-state index in [-0.39, 0.29) is 19.4 Å². The fourth-order valence-corrected chi connectivity index (χ4v) is 7.69. The number of ether oxygens (including phenoxy) is 2. The number of hydrogen-bond acceptors (Lipinski definition) is 9. The number of unbranched alkanes of at least 4 members (excludes halogenated alkanes) is 27. The summed E-state index contributed by atoms with van der Waals surface area (Å²) >= 11 is 0. The minimum atomic E-state index is -4.72. The Bertz CT molecular complexity index is 1190. The Morgan fingerprint density at radius 2 is 0.855 bits per heavy atom. The van der Waals surface area contributed by atoms with E-state index in [2.05, 4.69) is 54.8 Å². The average molecular weight is 898 g/mol. The third-order valence-corrected chi connectivity index (χ3v) is 11.8. The maximum absolute atomic E-state index is 12.7. The third-order valence-electron chi connectivity index (χ3n) is 10.9. The van der Waals surface area contributed by atoms with Gasteiger partial charge >= 0.3 is 25.7 Å². The fraction of sp³-hybridized carbons (Fsp3) is 0.820. The molecule has 62 heavy (non-hydrogen) atoms. The van der Waals surface area contributed by atoms with Gasteiger partial charge in [-0.3, -0.25) is 23.4 Å². The summed E-state index contributed by atoms with van der Waals surface area (Å²) in [6.45, 7) is 2.80. The summed E-state index contributed by atoms with van der Waals surface area (Å²) in [6, 6.07) is -1.52. The molecule has 0 aromatic rings. The van der Waals surface area contributed by atoms with Crippen LogP contribution in [0.4, 0.5) is 0 Å². The molecule has 3 atom stereocenters. The minimum Gasteiger partial charge on any atom is -0.480 e. The summed E-state index contributed by atoms with van der Waals surface area (Å²) in [5.41, 5.74) is 5.35. The summed E-state index contributed by atoms with van der Waals surface area (Å²) < 4.78 is 32.8. The fourth-order valence-electron chi connectivity index (χ4n) is 6.91. The molecule has 0 aromatic carbocycles. The van der Waals surface area contributed by atoms with Gasteiger partial charge in [0.15, 0.2) is 6.10 Å². The normalized spacial score (nSPS) is 13.9. The zero-order valence-electron chi connectivity index (χ0n) is 39.5. The number of carboxylic acids is 1. The van der Waals surface area contributed by atoms with Crippen LogP contribution in [0, 0.1) is 0 Å². The molecule has 362 valence electrons. The van der Waals surface area contributed by atoms with Gasteiger partial charge in [0.05, 0.1) is 13.2 Å². The highest BCUT2D eigenvalue weighted by atomic mass is 31.2. The molecule has 0 heterocycles. The lowest BCUT2D eigenvalue weighted by atomic mass is 10.1. The zero-order valence-corrected chi connectivity index (χ0v) is 40.4. The first-order valence-corrected chi connectivity index (χ1v) is 26.5. The standard InChI is InChI=1S/C50H92NO10P/c1-3-5-7-9-11-13-15-17-19-21-23-25-27-29-31-33-35-37-39-41-48(52)58-43-46(44-59-62(56,57)60-45-47(51)50(54)55)61-49(53)42-40-38-36-34-32-30-28-26-24-22-20-18-16-14-12-10-8-6-4-2/h12,14,18,20-21,23,46-47H,3-11,13,15-17,19,22,24-45,51H2,1-2H3,(H,54,55)(H,56,57)/b14-12-,20-18-,23-21-/t46-,47+/m1/s1. The topological polar surface area (TPSA) is 172 Å². The van der Waals surface area contributed by atoms with Crippen LogP contribution in [0.3, 0.4) is 0 Å². The van der Waals surface area contributed by atoms with Crippen molar-refractivity contribution in [1.29, 1.82) is 0 Å². The number of aliphatic carboxylic acids is 1. The SMILES string of the molecule is CCCCC/C=C\C/C=C\CCCCCCCCCCCC(=O)O[C@H](COC(=O)CCCCCCCCC/C=C\CCCCCCCCCC)COP(=O)(O)OC[C@H](N)C(=O)O. The van der Waals surface area contributed by atoms with Gasteiger partial charge in [0, 0.05) is 12.8 Å². The van der Waals surface area contributed by atoms with Crippen molar-refractivity contribution in [2.75, 3.05) is 19.8 Å². The summed E-state index contributed by atoms with van der Waals surface area (Å²) in [4.78, 5) is 46.1. The van der Waals surface area contributed by atoms with E-state index in [0.29, 0.717) is 12.8 Å². The molecule has 0 bridgehead atoms. The average Bonchev–Trinajstić information content (AvgIpc) is 3.25. The molecule has 12 heteroatoms. The zero-order chi connectivity index (χ0) is 45.6. The molecule has 0 radical (unpaired) electrons. The molecule has 0 aliphatic rings. The molecule has 11 nitrogen and oxygen atoms in total. The maximum Gasteiger partial charge on any atom is 0.472 e. The van der Waals surface area contributed by atoms with E-state index < -0.39 is 51.1 Å². The molecule has 4 N–H and O–H groups in total. The number of esters is 2.